The zero-order valence-electron chi connectivity index (χ0n) is 14.2. The lowest BCUT2D eigenvalue weighted by Crippen LogP contribution is -2.48. The van der Waals surface area contributed by atoms with Crippen LogP contribution in [-0.4, -0.2) is 46.3 Å². The first kappa shape index (κ1) is 16.6. The molecule has 1 aromatic rings. The molecule has 1 N–H and O–H groups in total. The lowest BCUT2D eigenvalue weighted by Gasteiger charge is -2.30. The second kappa shape index (κ2) is 6.44. The number of nitrogens with zero attached hydrogens (tertiary/aromatic N) is 2. The molecule has 134 valence electrons. The molecule has 1 spiro atoms. The minimum Gasteiger partial charge on any atom is -0.337 e. The fourth-order valence-electron chi connectivity index (χ4n) is 4.31. The molecule has 1 saturated carbocycles. The Kier molecular flexibility index (Phi) is 4.27. The fraction of sp³-hybridized carbons (Fsp3) is 0.611. The molecule has 6 nitrogen and oxygen atoms in total. The van der Waals surface area contributed by atoms with E-state index >= 15 is 0 Å². The van der Waals surface area contributed by atoms with E-state index < -0.39 is 5.54 Å². The van der Waals surface area contributed by atoms with Gasteiger partial charge in [0.25, 0.3) is 5.91 Å². The summed E-state index contributed by atoms with van der Waals surface area (Å²) in [4.78, 5) is 41.8. The number of carbonyl (C=O) groups excluding carboxylic acids is 3. The third kappa shape index (κ3) is 3.05. The molecule has 1 atom stereocenters. The Morgan fingerprint density at radius 3 is 2.72 bits per heavy atom. The number of urea groups is 1. The third-order valence-corrected chi connectivity index (χ3v) is 6.48. The SMILES string of the molecule is O=C1CC(CN2C(=O)NC3(CCCCC3)C2=O)CN1Cc1cccs1. The summed E-state index contributed by atoms with van der Waals surface area (Å²) in [7, 11) is 0. The van der Waals surface area contributed by atoms with Crippen LogP contribution in [0.15, 0.2) is 17.5 Å². The van der Waals surface area contributed by atoms with Crippen molar-refractivity contribution in [2.24, 2.45) is 5.92 Å². The number of hydrogen-bond donors (Lipinski definition) is 1. The van der Waals surface area contributed by atoms with E-state index in [-0.39, 0.29) is 23.8 Å². The molecule has 0 radical (unpaired) electrons. The van der Waals surface area contributed by atoms with E-state index in [1.54, 1.807) is 11.3 Å². The minimum absolute atomic E-state index is 0.0286. The highest BCUT2D eigenvalue weighted by Gasteiger charge is 2.52. The molecule has 3 heterocycles. The van der Waals surface area contributed by atoms with E-state index in [0.717, 1.165) is 37.0 Å². The molecule has 25 heavy (non-hydrogen) atoms. The summed E-state index contributed by atoms with van der Waals surface area (Å²) in [6.45, 7) is 1.58. The summed E-state index contributed by atoms with van der Waals surface area (Å²) in [6.07, 6.45) is 4.98. The van der Waals surface area contributed by atoms with E-state index in [4.69, 9.17) is 0 Å². The summed E-state index contributed by atoms with van der Waals surface area (Å²) in [5, 5.41) is 4.95. The van der Waals surface area contributed by atoms with Gasteiger partial charge in [0.15, 0.2) is 0 Å². The number of likely N-dealkylation sites (tertiary alicyclic amines) is 1. The molecule has 1 unspecified atom stereocenters. The maximum Gasteiger partial charge on any atom is 0.325 e. The number of amides is 4. The quantitative estimate of drug-likeness (QED) is 0.837. The normalized spacial score (nSPS) is 25.9. The van der Waals surface area contributed by atoms with Gasteiger partial charge in [0, 0.05) is 30.3 Å². The standard InChI is InChI=1S/C18H23N3O3S/c22-15-9-13(10-20(15)12-14-5-4-8-25-14)11-21-16(23)18(19-17(21)24)6-2-1-3-7-18/h4-5,8,13H,1-3,6-7,9-12H2,(H,19,24). The Hall–Kier alpha value is -1.89. The van der Waals surface area contributed by atoms with Crippen LogP contribution in [0.4, 0.5) is 4.79 Å². The second-order valence-electron chi connectivity index (χ2n) is 7.41. The number of nitrogens with one attached hydrogen (secondary N) is 1. The van der Waals surface area contributed by atoms with Gasteiger partial charge >= 0.3 is 6.03 Å². The Bertz CT molecular complexity index is 682. The van der Waals surface area contributed by atoms with Gasteiger partial charge in [-0.05, 0) is 24.3 Å². The Morgan fingerprint density at radius 2 is 2.00 bits per heavy atom. The molecule has 4 rings (SSSR count). The summed E-state index contributed by atoms with van der Waals surface area (Å²) in [5.41, 5.74) is -0.672. The van der Waals surface area contributed by atoms with Crippen LogP contribution in [0.25, 0.3) is 0 Å². The predicted molar refractivity (Wildman–Crippen MR) is 93.9 cm³/mol. The Labute approximate surface area is 151 Å². The van der Waals surface area contributed by atoms with Crippen molar-refractivity contribution in [3.05, 3.63) is 22.4 Å². The zero-order valence-corrected chi connectivity index (χ0v) is 15.0. The van der Waals surface area contributed by atoms with Crippen LogP contribution in [0.1, 0.15) is 43.4 Å². The molecule has 4 amide bonds. The first-order valence-electron chi connectivity index (χ1n) is 9.02. The van der Waals surface area contributed by atoms with Gasteiger partial charge in [0.05, 0.1) is 6.54 Å². The molecule has 3 aliphatic rings. The van der Waals surface area contributed by atoms with E-state index in [0.29, 0.717) is 26.1 Å². The summed E-state index contributed by atoms with van der Waals surface area (Å²) in [6, 6.07) is 3.72. The lowest BCUT2D eigenvalue weighted by molar-refractivity contribution is -0.133. The van der Waals surface area contributed by atoms with Gasteiger partial charge in [0.2, 0.25) is 5.91 Å². The van der Waals surface area contributed by atoms with Crippen LogP contribution in [0, 0.1) is 5.92 Å². The van der Waals surface area contributed by atoms with E-state index in [1.165, 1.54) is 4.90 Å². The first-order valence-corrected chi connectivity index (χ1v) is 9.90. The van der Waals surface area contributed by atoms with Gasteiger partial charge in [-0.3, -0.25) is 14.5 Å². The molecule has 0 aromatic carbocycles. The number of imide groups is 1. The average Bonchev–Trinajstić information content (AvgIpc) is 3.27. The van der Waals surface area contributed by atoms with Gasteiger partial charge in [0.1, 0.15) is 5.54 Å². The van der Waals surface area contributed by atoms with Crippen molar-refractivity contribution >= 4 is 29.2 Å². The maximum absolute atomic E-state index is 12.8. The monoisotopic (exact) mass is 361 g/mol. The highest BCUT2D eigenvalue weighted by Crippen LogP contribution is 2.34. The molecule has 2 aliphatic heterocycles. The van der Waals surface area contributed by atoms with Gasteiger partial charge in [-0.15, -0.1) is 11.3 Å². The molecule has 1 aromatic heterocycles. The number of rotatable bonds is 4. The summed E-state index contributed by atoms with van der Waals surface area (Å²) < 4.78 is 0. The van der Waals surface area contributed by atoms with Gasteiger partial charge in [-0.2, -0.15) is 0 Å². The van der Waals surface area contributed by atoms with Crippen molar-refractivity contribution in [2.75, 3.05) is 13.1 Å². The molecule has 1 aliphatic carbocycles. The third-order valence-electron chi connectivity index (χ3n) is 5.62. The average molecular weight is 361 g/mol. The molecule has 3 fully saturated rings. The maximum atomic E-state index is 12.8. The number of hydrogen-bond acceptors (Lipinski definition) is 4. The van der Waals surface area contributed by atoms with E-state index in [1.807, 2.05) is 22.4 Å². The number of thiophene rings is 1. The van der Waals surface area contributed by atoms with Crippen LogP contribution in [0.2, 0.25) is 0 Å². The molecular formula is C18H23N3O3S. The molecular weight excluding hydrogens is 338 g/mol. The van der Waals surface area contributed by atoms with Crippen molar-refractivity contribution in [2.45, 2.75) is 50.6 Å². The smallest absolute Gasteiger partial charge is 0.325 e. The fourth-order valence-corrected chi connectivity index (χ4v) is 5.03. The molecule has 7 heteroatoms. The summed E-state index contributed by atoms with van der Waals surface area (Å²) in [5.74, 6) is 0.0556. The van der Waals surface area contributed by atoms with Crippen LogP contribution >= 0.6 is 11.3 Å². The van der Waals surface area contributed by atoms with Crippen LogP contribution < -0.4 is 5.32 Å². The lowest BCUT2D eigenvalue weighted by atomic mass is 9.81. The zero-order chi connectivity index (χ0) is 17.4. The summed E-state index contributed by atoms with van der Waals surface area (Å²) >= 11 is 1.64. The number of carbonyl (C=O) groups is 3. The van der Waals surface area contributed by atoms with Gasteiger partial charge in [-0.25, -0.2) is 4.79 Å². The highest BCUT2D eigenvalue weighted by molar-refractivity contribution is 7.09. The minimum atomic E-state index is -0.672. The topological polar surface area (TPSA) is 69.7 Å². The predicted octanol–water partition coefficient (Wildman–Crippen LogP) is 2.35. The Morgan fingerprint density at radius 1 is 1.20 bits per heavy atom. The van der Waals surface area contributed by atoms with Crippen LogP contribution in [0.3, 0.4) is 0 Å². The van der Waals surface area contributed by atoms with Crippen molar-refractivity contribution in [1.29, 1.82) is 0 Å². The van der Waals surface area contributed by atoms with Crippen molar-refractivity contribution < 1.29 is 14.4 Å². The van der Waals surface area contributed by atoms with Crippen molar-refractivity contribution in [3.63, 3.8) is 0 Å². The van der Waals surface area contributed by atoms with Crippen LogP contribution in [0.5, 0.6) is 0 Å². The first-order chi connectivity index (χ1) is 12.1. The molecule has 0 bridgehead atoms. The second-order valence-corrected chi connectivity index (χ2v) is 8.44. The van der Waals surface area contributed by atoms with Crippen molar-refractivity contribution in [3.8, 4) is 0 Å². The highest BCUT2D eigenvalue weighted by atomic mass is 32.1. The van der Waals surface area contributed by atoms with E-state index in [9.17, 15) is 14.4 Å². The van der Waals surface area contributed by atoms with Crippen molar-refractivity contribution in [1.82, 2.24) is 15.1 Å². The largest absolute Gasteiger partial charge is 0.337 e. The van der Waals surface area contributed by atoms with Crippen LogP contribution in [-0.2, 0) is 16.1 Å². The van der Waals surface area contributed by atoms with E-state index in [2.05, 4.69) is 5.32 Å². The van der Waals surface area contributed by atoms with Gasteiger partial charge in [-0.1, -0.05) is 25.3 Å². The van der Waals surface area contributed by atoms with Gasteiger partial charge < -0.3 is 10.2 Å². The Balaban J connectivity index is 1.40. The molecule has 2 saturated heterocycles.